The summed E-state index contributed by atoms with van der Waals surface area (Å²) in [7, 11) is 0. The average Bonchev–Trinajstić information content (AvgIpc) is 2.74. The molecule has 0 aromatic rings. The molecule has 1 aliphatic heterocycles. The molecule has 0 aliphatic carbocycles. The molecular weight excluding hydrogens is 308 g/mol. The molecule has 1 saturated heterocycles. The highest BCUT2D eigenvalue weighted by atomic mass is 16.8. The van der Waals surface area contributed by atoms with Crippen molar-refractivity contribution in [1.82, 2.24) is 0 Å². The summed E-state index contributed by atoms with van der Waals surface area (Å²) in [5, 5.41) is 0. The Bertz CT molecular complexity index is 388. The molecule has 2 heteroatoms. The van der Waals surface area contributed by atoms with Crippen LogP contribution in [0.1, 0.15) is 99.8 Å². The van der Waals surface area contributed by atoms with Crippen molar-refractivity contribution < 1.29 is 9.47 Å². The highest BCUT2D eigenvalue weighted by molar-refractivity contribution is 5.04. The molecule has 0 aromatic carbocycles. The lowest BCUT2D eigenvalue weighted by molar-refractivity contribution is -0.153. The van der Waals surface area contributed by atoms with Crippen LogP contribution in [0.4, 0.5) is 0 Å². The van der Waals surface area contributed by atoms with Crippen molar-refractivity contribution in [1.29, 1.82) is 0 Å². The highest BCUT2D eigenvalue weighted by Crippen LogP contribution is 2.39. The Kier molecular flexibility index (Phi) is 9.18. The van der Waals surface area contributed by atoms with Crippen molar-refractivity contribution >= 4 is 0 Å². The molecule has 1 heterocycles. The van der Waals surface area contributed by atoms with Gasteiger partial charge in [-0.15, -0.1) is 6.58 Å². The molecular formula is C23H44O2. The van der Waals surface area contributed by atoms with Crippen molar-refractivity contribution in [3.8, 4) is 0 Å². The highest BCUT2D eigenvalue weighted by Gasteiger charge is 2.47. The Hall–Kier alpha value is -0.340. The van der Waals surface area contributed by atoms with E-state index in [9.17, 15) is 0 Å². The van der Waals surface area contributed by atoms with Crippen LogP contribution in [0, 0.1) is 17.8 Å². The first-order valence-electron chi connectivity index (χ1n) is 10.6. The molecule has 0 radical (unpaired) electrons. The fourth-order valence-corrected chi connectivity index (χ4v) is 4.01. The predicted octanol–water partition coefficient (Wildman–Crippen LogP) is 7.13. The molecule has 4 unspecified atom stereocenters. The van der Waals surface area contributed by atoms with E-state index in [0.717, 1.165) is 24.2 Å². The van der Waals surface area contributed by atoms with Crippen molar-refractivity contribution in [3.63, 3.8) is 0 Å². The van der Waals surface area contributed by atoms with Gasteiger partial charge in [-0.1, -0.05) is 72.3 Å². The zero-order chi connectivity index (χ0) is 19.1. The molecule has 0 saturated carbocycles. The van der Waals surface area contributed by atoms with Gasteiger partial charge < -0.3 is 9.47 Å². The first-order valence-corrected chi connectivity index (χ1v) is 10.6. The predicted molar refractivity (Wildman–Crippen MR) is 109 cm³/mol. The molecule has 0 aromatic heterocycles. The van der Waals surface area contributed by atoms with E-state index >= 15 is 0 Å². The van der Waals surface area contributed by atoms with Crippen LogP contribution in [0.3, 0.4) is 0 Å². The molecule has 0 bridgehead atoms. The molecule has 148 valence electrons. The number of rotatable bonds is 12. The van der Waals surface area contributed by atoms with Gasteiger partial charge in [-0.25, -0.2) is 0 Å². The quantitative estimate of drug-likeness (QED) is 0.348. The van der Waals surface area contributed by atoms with E-state index < -0.39 is 5.79 Å². The monoisotopic (exact) mass is 352 g/mol. The normalized spacial score (nSPS) is 28.2. The summed E-state index contributed by atoms with van der Waals surface area (Å²) in [6, 6.07) is 0. The molecule has 25 heavy (non-hydrogen) atoms. The van der Waals surface area contributed by atoms with Crippen LogP contribution in [0.25, 0.3) is 0 Å². The van der Waals surface area contributed by atoms with Crippen molar-refractivity contribution in [2.75, 3.05) is 0 Å². The van der Waals surface area contributed by atoms with Gasteiger partial charge in [0.05, 0.1) is 6.10 Å². The van der Waals surface area contributed by atoms with Gasteiger partial charge in [-0.3, -0.25) is 0 Å². The average molecular weight is 353 g/mol. The van der Waals surface area contributed by atoms with Crippen LogP contribution in [0.5, 0.6) is 0 Å². The summed E-state index contributed by atoms with van der Waals surface area (Å²) < 4.78 is 12.2. The topological polar surface area (TPSA) is 18.5 Å². The molecule has 1 rings (SSSR count). The van der Waals surface area contributed by atoms with Crippen LogP contribution in [0.15, 0.2) is 12.7 Å². The maximum absolute atomic E-state index is 6.12. The lowest BCUT2D eigenvalue weighted by Crippen LogP contribution is -2.34. The van der Waals surface area contributed by atoms with Crippen molar-refractivity contribution in [3.05, 3.63) is 12.7 Å². The molecule has 0 spiro atoms. The van der Waals surface area contributed by atoms with E-state index in [1.807, 2.05) is 19.9 Å². The first-order chi connectivity index (χ1) is 11.6. The van der Waals surface area contributed by atoms with Crippen molar-refractivity contribution in [2.24, 2.45) is 17.8 Å². The van der Waals surface area contributed by atoms with E-state index in [4.69, 9.17) is 9.47 Å². The summed E-state index contributed by atoms with van der Waals surface area (Å²) in [4.78, 5) is 0. The molecule has 4 atom stereocenters. The van der Waals surface area contributed by atoms with Gasteiger partial charge in [0.15, 0.2) is 5.79 Å². The molecule has 1 fully saturated rings. The second-order valence-corrected chi connectivity index (χ2v) is 9.54. The Labute approximate surface area is 157 Å². The van der Waals surface area contributed by atoms with E-state index in [1.54, 1.807) is 0 Å². The maximum atomic E-state index is 6.12. The minimum absolute atomic E-state index is 0.123. The van der Waals surface area contributed by atoms with Crippen LogP contribution < -0.4 is 0 Å². The van der Waals surface area contributed by atoms with Gasteiger partial charge in [-0.2, -0.15) is 0 Å². The SMILES string of the molecule is C=CC1(C)OC(C)(C)OC1CCC(C)CCCC(C)CCCC(C)C. The Morgan fingerprint density at radius 3 is 1.92 bits per heavy atom. The second kappa shape index (κ2) is 10.1. The zero-order valence-electron chi connectivity index (χ0n) is 18.1. The minimum Gasteiger partial charge on any atom is -0.344 e. The summed E-state index contributed by atoms with van der Waals surface area (Å²) in [5.41, 5.74) is -0.353. The van der Waals surface area contributed by atoms with Crippen LogP contribution in [-0.2, 0) is 9.47 Å². The summed E-state index contributed by atoms with van der Waals surface area (Å²) in [6.45, 7) is 19.5. The fourth-order valence-electron chi connectivity index (χ4n) is 4.01. The smallest absolute Gasteiger partial charge is 0.164 e. The van der Waals surface area contributed by atoms with E-state index in [0.29, 0.717) is 0 Å². The number of hydrogen-bond acceptors (Lipinski definition) is 2. The van der Waals surface area contributed by atoms with Gasteiger partial charge in [0, 0.05) is 0 Å². The van der Waals surface area contributed by atoms with Crippen LogP contribution >= 0.6 is 0 Å². The Morgan fingerprint density at radius 1 is 0.880 bits per heavy atom. The van der Waals surface area contributed by atoms with Crippen LogP contribution in [0.2, 0.25) is 0 Å². The largest absolute Gasteiger partial charge is 0.344 e. The number of hydrogen-bond donors (Lipinski definition) is 0. The Morgan fingerprint density at radius 2 is 1.40 bits per heavy atom. The van der Waals surface area contributed by atoms with Gasteiger partial charge in [-0.05, 0) is 51.4 Å². The standard InChI is InChI=1S/C23H44O2/c1-9-23(8)21(24-22(6,7)25-23)17-16-20(5)15-11-14-19(4)13-10-12-18(2)3/h9,18-21H,1,10-17H2,2-8H3. The molecule has 0 N–H and O–H groups in total. The third kappa shape index (κ3) is 8.26. The van der Waals surface area contributed by atoms with E-state index in [1.165, 1.54) is 44.9 Å². The third-order valence-corrected chi connectivity index (χ3v) is 5.73. The molecule has 0 amide bonds. The van der Waals surface area contributed by atoms with Gasteiger partial charge in [0.25, 0.3) is 0 Å². The van der Waals surface area contributed by atoms with Gasteiger partial charge in [0.2, 0.25) is 0 Å². The molecule has 1 aliphatic rings. The van der Waals surface area contributed by atoms with Gasteiger partial charge in [0.1, 0.15) is 5.60 Å². The van der Waals surface area contributed by atoms with Gasteiger partial charge >= 0.3 is 0 Å². The second-order valence-electron chi connectivity index (χ2n) is 9.54. The Balaban J connectivity index is 2.22. The summed E-state index contributed by atoms with van der Waals surface area (Å²) in [5.74, 6) is 1.98. The van der Waals surface area contributed by atoms with Crippen LogP contribution in [-0.4, -0.2) is 17.5 Å². The third-order valence-electron chi connectivity index (χ3n) is 5.73. The van der Waals surface area contributed by atoms with Crippen molar-refractivity contribution in [2.45, 2.75) is 117 Å². The minimum atomic E-state index is -0.498. The fraction of sp³-hybridized carbons (Fsp3) is 0.913. The zero-order valence-corrected chi connectivity index (χ0v) is 18.1. The summed E-state index contributed by atoms with van der Waals surface area (Å²) in [6.07, 6.45) is 12.5. The maximum Gasteiger partial charge on any atom is 0.164 e. The lowest BCUT2D eigenvalue weighted by Gasteiger charge is -2.26. The summed E-state index contributed by atoms with van der Waals surface area (Å²) >= 11 is 0. The van der Waals surface area contributed by atoms with E-state index in [2.05, 4.69) is 41.2 Å². The first kappa shape index (κ1) is 22.7. The number of ether oxygens (including phenoxy) is 2. The van der Waals surface area contributed by atoms with E-state index in [-0.39, 0.29) is 11.7 Å². The molecule has 2 nitrogen and oxygen atoms in total. The lowest BCUT2D eigenvalue weighted by atomic mass is 9.89.